The van der Waals surface area contributed by atoms with Crippen LogP contribution >= 0.6 is 23.2 Å². The summed E-state index contributed by atoms with van der Waals surface area (Å²) in [5.41, 5.74) is 5.85. The molecule has 1 aromatic rings. The molecule has 70 valence electrons. The van der Waals surface area contributed by atoms with Gasteiger partial charge in [-0.3, -0.25) is 4.79 Å². The summed E-state index contributed by atoms with van der Waals surface area (Å²) >= 11 is 11.5. The number of hydrogen-bond donors (Lipinski definition) is 1. The van der Waals surface area contributed by atoms with E-state index in [-0.39, 0.29) is 5.78 Å². The van der Waals surface area contributed by atoms with E-state index in [1.165, 1.54) is 6.07 Å². The summed E-state index contributed by atoms with van der Waals surface area (Å²) in [6.07, 6.45) is 0. The summed E-state index contributed by atoms with van der Waals surface area (Å²) in [5, 5.41) is 0.848. The first-order chi connectivity index (χ1) is 6.02. The molecule has 1 rings (SSSR count). The lowest BCUT2D eigenvalue weighted by molar-refractivity contribution is 0.0968. The predicted octanol–water partition coefficient (Wildman–Crippen LogP) is 2.52. The Kier molecular flexibility index (Phi) is 3.31. The van der Waals surface area contributed by atoms with Gasteiger partial charge in [0.15, 0.2) is 5.78 Å². The fourth-order valence-electron chi connectivity index (χ4n) is 0.935. The maximum absolute atomic E-state index is 11.4. The van der Waals surface area contributed by atoms with Crippen LogP contribution in [0.2, 0.25) is 10.0 Å². The van der Waals surface area contributed by atoms with E-state index in [1.54, 1.807) is 19.1 Å². The van der Waals surface area contributed by atoms with Crippen molar-refractivity contribution in [3.63, 3.8) is 0 Å². The van der Waals surface area contributed by atoms with Crippen molar-refractivity contribution in [3.8, 4) is 0 Å². The van der Waals surface area contributed by atoms with Crippen molar-refractivity contribution in [1.29, 1.82) is 0 Å². The van der Waals surface area contributed by atoms with Crippen LogP contribution in [0.3, 0.4) is 0 Å². The van der Waals surface area contributed by atoms with Gasteiger partial charge in [-0.05, 0) is 25.1 Å². The smallest absolute Gasteiger partial charge is 0.180 e. The van der Waals surface area contributed by atoms with Crippen molar-refractivity contribution in [1.82, 2.24) is 0 Å². The van der Waals surface area contributed by atoms with Crippen molar-refractivity contribution in [3.05, 3.63) is 33.8 Å². The largest absolute Gasteiger partial charge is 0.321 e. The van der Waals surface area contributed by atoms with Crippen molar-refractivity contribution in [2.75, 3.05) is 0 Å². The molecule has 1 aromatic carbocycles. The molecule has 0 aliphatic heterocycles. The summed E-state index contributed by atoms with van der Waals surface area (Å²) < 4.78 is 0. The lowest BCUT2D eigenvalue weighted by Crippen LogP contribution is -2.26. The van der Waals surface area contributed by atoms with Gasteiger partial charge in [0.05, 0.1) is 11.1 Å². The highest BCUT2D eigenvalue weighted by Crippen LogP contribution is 2.21. The van der Waals surface area contributed by atoms with E-state index < -0.39 is 6.04 Å². The van der Waals surface area contributed by atoms with Gasteiger partial charge in [0, 0.05) is 10.6 Å². The molecule has 0 saturated heterocycles. The van der Waals surface area contributed by atoms with Crippen LogP contribution < -0.4 is 5.73 Å². The van der Waals surface area contributed by atoms with Crippen LogP contribution in [-0.2, 0) is 0 Å². The lowest BCUT2D eigenvalue weighted by Gasteiger charge is -2.06. The first-order valence-corrected chi connectivity index (χ1v) is 4.53. The maximum atomic E-state index is 11.4. The SMILES string of the molecule is CC(N)C(=O)c1ccc(Cl)cc1Cl. The molecule has 0 amide bonds. The minimum atomic E-state index is -0.543. The quantitative estimate of drug-likeness (QED) is 0.775. The monoisotopic (exact) mass is 217 g/mol. The Bertz CT molecular complexity index is 336. The minimum absolute atomic E-state index is 0.179. The molecule has 0 spiro atoms. The average Bonchev–Trinajstić information content (AvgIpc) is 2.03. The topological polar surface area (TPSA) is 43.1 Å². The number of ketones is 1. The van der Waals surface area contributed by atoms with E-state index in [1.807, 2.05) is 0 Å². The van der Waals surface area contributed by atoms with E-state index in [0.29, 0.717) is 15.6 Å². The standard InChI is InChI=1S/C9H9Cl2NO/c1-5(12)9(13)7-3-2-6(10)4-8(7)11/h2-5H,12H2,1H3. The van der Waals surface area contributed by atoms with Crippen LogP contribution in [0.1, 0.15) is 17.3 Å². The van der Waals surface area contributed by atoms with Crippen LogP contribution in [0.25, 0.3) is 0 Å². The second-order valence-electron chi connectivity index (χ2n) is 2.78. The van der Waals surface area contributed by atoms with E-state index in [2.05, 4.69) is 0 Å². The Morgan fingerprint density at radius 2 is 2.08 bits per heavy atom. The van der Waals surface area contributed by atoms with Gasteiger partial charge >= 0.3 is 0 Å². The highest BCUT2D eigenvalue weighted by atomic mass is 35.5. The van der Waals surface area contributed by atoms with Crippen LogP contribution in [0.15, 0.2) is 18.2 Å². The van der Waals surface area contributed by atoms with E-state index in [0.717, 1.165) is 0 Å². The van der Waals surface area contributed by atoms with Gasteiger partial charge in [0.1, 0.15) is 0 Å². The van der Waals surface area contributed by atoms with Crippen LogP contribution in [0, 0.1) is 0 Å². The van der Waals surface area contributed by atoms with Gasteiger partial charge in [-0.2, -0.15) is 0 Å². The number of hydrogen-bond acceptors (Lipinski definition) is 2. The third-order valence-corrected chi connectivity index (χ3v) is 2.16. The predicted molar refractivity (Wildman–Crippen MR) is 54.4 cm³/mol. The third kappa shape index (κ3) is 2.44. The van der Waals surface area contributed by atoms with Crippen molar-refractivity contribution in [2.24, 2.45) is 5.73 Å². The van der Waals surface area contributed by atoms with E-state index >= 15 is 0 Å². The Balaban J connectivity index is 3.09. The van der Waals surface area contributed by atoms with Crippen molar-refractivity contribution >= 4 is 29.0 Å². The lowest BCUT2D eigenvalue weighted by atomic mass is 10.1. The number of rotatable bonds is 2. The van der Waals surface area contributed by atoms with Crippen LogP contribution in [0.5, 0.6) is 0 Å². The Morgan fingerprint density at radius 1 is 1.46 bits per heavy atom. The van der Waals surface area contributed by atoms with Crippen LogP contribution in [-0.4, -0.2) is 11.8 Å². The summed E-state index contributed by atoms with van der Waals surface area (Å²) in [6, 6.07) is 4.18. The molecule has 0 bridgehead atoms. The molecule has 0 saturated carbocycles. The van der Waals surface area contributed by atoms with Gasteiger partial charge < -0.3 is 5.73 Å². The second kappa shape index (κ2) is 4.09. The van der Waals surface area contributed by atoms with Crippen LogP contribution in [0.4, 0.5) is 0 Å². The van der Waals surface area contributed by atoms with Gasteiger partial charge in [-0.15, -0.1) is 0 Å². The summed E-state index contributed by atoms with van der Waals surface area (Å²) in [6.45, 7) is 1.62. The number of carbonyl (C=O) groups is 1. The highest BCUT2D eigenvalue weighted by Gasteiger charge is 2.13. The maximum Gasteiger partial charge on any atom is 0.180 e. The highest BCUT2D eigenvalue weighted by molar-refractivity contribution is 6.37. The Hall–Kier alpha value is -0.570. The number of Topliss-reactive ketones (excluding diaryl/α,β-unsaturated/α-hetero) is 1. The van der Waals surface area contributed by atoms with Gasteiger partial charge in [-0.25, -0.2) is 0 Å². The number of carbonyl (C=O) groups excluding carboxylic acids is 1. The zero-order chi connectivity index (χ0) is 10.0. The number of benzene rings is 1. The fourth-order valence-corrected chi connectivity index (χ4v) is 1.44. The molecule has 0 heterocycles. The molecule has 0 aliphatic rings. The zero-order valence-electron chi connectivity index (χ0n) is 7.05. The van der Waals surface area contributed by atoms with Gasteiger partial charge in [0.2, 0.25) is 0 Å². The number of nitrogens with two attached hydrogens (primary N) is 1. The van der Waals surface area contributed by atoms with Gasteiger partial charge in [0.25, 0.3) is 0 Å². The van der Waals surface area contributed by atoms with Crippen molar-refractivity contribution in [2.45, 2.75) is 13.0 Å². The Labute approximate surface area is 86.6 Å². The molecule has 2 N–H and O–H groups in total. The third-order valence-electron chi connectivity index (χ3n) is 1.61. The van der Waals surface area contributed by atoms with E-state index in [4.69, 9.17) is 28.9 Å². The molecule has 1 atom stereocenters. The van der Waals surface area contributed by atoms with Crippen molar-refractivity contribution < 1.29 is 4.79 Å². The summed E-state index contributed by atoms with van der Waals surface area (Å²) in [5.74, 6) is -0.179. The molecule has 0 fully saturated rings. The molecule has 0 aliphatic carbocycles. The molecule has 13 heavy (non-hydrogen) atoms. The average molecular weight is 218 g/mol. The fraction of sp³-hybridized carbons (Fsp3) is 0.222. The second-order valence-corrected chi connectivity index (χ2v) is 3.62. The minimum Gasteiger partial charge on any atom is -0.321 e. The summed E-state index contributed by atoms with van der Waals surface area (Å²) in [7, 11) is 0. The molecule has 4 heteroatoms. The molecule has 0 aromatic heterocycles. The molecular weight excluding hydrogens is 209 g/mol. The van der Waals surface area contributed by atoms with Gasteiger partial charge in [-0.1, -0.05) is 23.2 Å². The van der Waals surface area contributed by atoms with E-state index in [9.17, 15) is 4.79 Å². The molecule has 1 unspecified atom stereocenters. The summed E-state index contributed by atoms with van der Waals surface area (Å²) in [4.78, 5) is 11.4. The normalized spacial score (nSPS) is 12.6. The molecule has 0 radical (unpaired) electrons. The first-order valence-electron chi connectivity index (χ1n) is 3.77. The molecular formula is C9H9Cl2NO. The zero-order valence-corrected chi connectivity index (χ0v) is 8.56. The first kappa shape index (κ1) is 10.5. The Morgan fingerprint density at radius 3 is 2.54 bits per heavy atom. The number of halogens is 2. The molecule has 2 nitrogen and oxygen atoms in total.